The lowest BCUT2D eigenvalue weighted by Gasteiger charge is -2.27. The minimum Gasteiger partial charge on any atom is -0.444 e. The number of fused-ring (bicyclic) bond motifs is 2. The van der Waals surface area contributed by atoms with Crippen LogP contribution in [0.1, 0.15) is 84.0 Å². The minimum absolute atomic E-state index is 0.0731. The van der Waals surface area contributed by atoms with Gasteiger partial charge < -0.3 is 19.4 Å². The SMILES string of the molecule is CC[C@H](C[C@@H](C)c1nnc([C@@H]2CC[C@@H]3CN2C(=O)N3O)o1)NC(=O)OC(C)(C)C. The monoisotopic (exact) mass is 409 g/mol. The Balaban J connectivity index is 1.61. The molecule has 2 saturated heterocycles. The Morgan fingerprint density at radius 2 is 2.10 bits per heavy atom. The van der Waals surface area contributed by atoms with Crippen LogP contribution in [0.5, 0.6) is 0 Å². The molecule has 162 valence electrons. The Bertz CT molecular complexity index is 746. The van der Waals surface area contributed by atoms with Gasteiger partial charge in [0.25, 0.3) is 0 Å². The molecule has 0 radical (unpaired) electrons. The molecule has 2 fully saturated rings. The van der Waals surface area contributed by atoms with Crippen LogP contribution in [0.3, 0.4) is 0 Å². The highest BCUT2D eigenvalue weighted by atomic mass is 16.6. The maximum atomic E-state index is 12.2. The molecule has 0 saturated carbocycles. The zero-order chi connectivity index (χ0) is 21.3. The van der Waals surface area contributed by atoms with E-state index in [4.69, 9.17) is 9.15 Å². The zero-order valence-electron chi connectivity index (χ0n) is 17.7. The first-order chi connectivity index (χ1) is 13.6. The number of nitrogens with one attached hydrogen (secondary N) is 1. The van der Waals surface area contributed by atoms with Crippen molar-refractivity contribution in [3.63, 3.8) is 0 Å². The van der Waals surface area contributed by atoms with E-state index in [1.54, 1.807) is 4.90 Å². The van der Waals surface area contributed by atoms with Gasteiger partial charge in [0.1, 0.15) is 11.6 Å². The fourth-order valence-corrected chi connectivity index (χ4v) is 3.82. The predicted molar refractivity (Wildman–Crippen MR) is 102 cm³/mol. The molecule has 1 aromatic heterocycles. The van der Waals surface area contributed by atoms with Crippen LogP contribution < -0.4 is 5.32 Å². The van der Waals surface area contributed by atoms with Crippen LogP contribution in [0.15, 0.2) is 4.42 Å². The van der Waals surface area contributed by atoms with Crippen LogP contribution in [0.2, 0.25) is 0 Å². The quantitative estimate of drug-likeness (QED) is 0.692. The third-order valence-corrected chi connectivity index (χ3v) is 5.36. The molecule has 10 nitrogen and oxygen atoms in total. The van der Waals surface area contributed by atoms with Gasteiger partial charge in [-0.25, -0.2) is 14.7 Å². The van der Waals surface area contributed by atoms with Gasteiger partial charge in [-0.3, -0.25) is 5.21 Å². The molecule has 2 bridgehead atoms. The second-order valence-electron chi connectivity index (χ2n) is 8.89. The summed E-state index contributed by atoms with van der Waals surface area (Å²) in [5, 5.41) is 21.8. The third-order valence-electron chi connectivity index (χ3n) is 5.36. The Hall–Kier alpha value is -2.36. The number of amides is 3. The molecule has 10 heteroatoms. The standard InChI is InChI=1S/C19H31N5O5/c1-6-12(20-17(25)29-19(3,4)5)9-11(2)15-21-22-16(28-15)14-8-7-13-10-23(14)18(26)24(13)27/h11-14,27H,6-10H2,1-5H3,(H,20,25)/t11-,12-,13-,14+/m1/s1. The van der Waals surface area contributed by atoms with E-state index in [1.165, 1.54) is 0 Å². The molecule has 3 heterocycles. The fraction of sp³-hybridized carbons (Fsp3) is 0.789. The van der Waals surface area contributed by atoms with E-state index in [9.17, 15) is 14.8 Å². The van der Waals surface area contributed by atoms with E-state index in [2.05, 4.69) is 15.5 Å². The smallest absolute Gasteiger partial charge is 0.407 e. The summed E-state index contributed by atoms with van der Waals surface area (Å²) >= 11 is 0. The van der Waals surface area contributed by atoms with Crippen LogP contribution in [0.25, 0.3) is 0 Å². The first-order valence-electron chi connectivity index (χ1n) is 10.2. The molecule has 3 amide bonds. The number of rotatable bonds is 6. The van der Waals surface area contributed by atoms with Crippen molar-refractivity contribution in [2.45, 2.75) is 89.9 Å². The zero-order valence-corrected chi connectivity index (χ0v) is 17.7. The van der Waals surface area contributed by atoms with Gasteiger partial charge in [0.05, 0.1) is 6.04 Å². The van der Waals surface area contributed by atoms with E-state index in [0.717, 1.165) is 11.5 Å². The molecule has 2 N–H and O–H groups in total. The number of hydroxylamine groups is 2. The number of nitrogens with zero attached hydrogens (tertiary/aromatic N) is 4. The number of hydrogen-bond donors (Lipinski definition) is 2. The van der Waals surface area contributed by atoms with Crippen LogP contribution >= 0.6 is 0 Å². The maximum absolute atomic E-state index is 12.2. The first kappa shape index (κ1) is 21.4. The highest BCUT2D eigenvalue weighted by Gasteiger charge is 2.46. The second kappa shape index (κ2) is 8.17. The van der Waals surface area contributed by atoms with Gasteiger partial charge in [0.15, 0.2) is 0 Å². The average molecular weight is 409 g/mol. The molecule has 0 unspecified atom stereocenters. The van der Waals surface area contributed by atoms with Crippen LogP contribution in [0.4, 0.5) is 9.59 Å². The lowest BCUT2D eigenvalue weighted by molar-refractivity contribution is -0.0584. The number of hydrogen-bond acceptors (Lipinski definition) is 7. The Morgan fingerprint density at radius 1 is 1.38 bits per heavy atom. The van der Waals surface area contributed by atoms with Gasteiger partial charge in [0.2, 0.25) is 11.8 Å². The van der Waals surface area contributed by atoms with E-state index in [1.807, 2.05) is 34.6 Å². The van der Waals surface area contributed by atoms with E-state index in [0.29, 0.717) is 37.6 Å². The maximum Gasteiger partial charge on any atom is 0.407 e. The Morgan fingerprint density at radius 3 is 2.76 bits per heavy atom. The van der Waals surface area contributed by atoms with Gasteiger partial charge in [-0.1, -0.05) is 13.8 Å². The first-order valence-corrected chi connectivity index (χ1v) is 10.2. The molecule has 2 aliphatic rings. The van der Waals surface area contributed by atoms with Crippen molar-refractivity contribution in [3.8, 4) is 0 Å². The van der Waals surface area contributed by atoms with Gasteiger partial charge >= 0.3 is 12.1 Å². The molecular weight excluding hydrogens is 378 g/mol. The summed E-state index contributed by atoms with van der Waals surface area (Å²) < 4.78 is 11.2. The fourth-order valence-electron chi connectivity index (χ4n) is 3.82. The molecular formula is C19H31N5O5. The number of piperidine rings is 1. The summed E-state index contributed by atoms with van der Waals surface area (Å²) in [5.41, 5.74) is -0.550. The van der Waals surface area contributed by atoms with Crippen molar-refractivity contribution in [1.29, 1.82) is 0 Å². The topological polar surface area (TPSA) is 121 Å². The highest BCUT2D eigenvalue weighted by Crippen LogP contribution is 2.37. The number of carbonyl (C=O) groups excluding carboxylic acids is 2. The number of alkyl carbamates (subject to hydrolysis) is 1. The predicted octanol–water partition coefficient (Wildman–Crippen LogP) is 3.20. The lowest BCUT2D eigenvalue weighted by atomic mass is 10.00. The average Bonchev–Trinajstić information content (AvgIpc) is 3.21. The van der Waals surface area contributed by atoms with Gasteiger partial charge in [-0.15, -0.1) is 10.2 Å². The number of urea groups is 1. The van der Waals surface area contributed by atoms with Gasteiger partial charge in [0, 0.05) is 18.5 Å². The van der Waals surface area contributed by atoms with Crippen molar-refractivity contribution >= 4 is 12.1 Å². The van der Waals surface area contributed by atoms with Crippen molar-refractivity contribution in [3.05, 3.63) is 11.8 Å². The van der Waals surface area contributed by atoms with Gasteiger partial charge in [-0.2, -0.15) is 0 Å². The molecule has 3 rings (SSSR count). The normalized spacial score (nSPS) is 23.9. The van der Waals surface area contributed by atoms with Crippen molar-refractivity contribution in [1.82, 2.24) is 25.5 Å². The summed E-state index contributed by atoms with van der Waals surface area (Å²) in [4.78, 5) is 25.8. The Labute approximate surface area is 170 Å². The van der Waals surface area contributed by atoms with E-state index < -0.39 is 17.7 Å². The second-order valence-corrected chi connectivity index (χ2v) is 8.89. The molecule has 2 aliphatic heterocycles. The van der Waals surface area contributed by atoms with E-state index in [-0.39, 0.29) is 24.0 Å². The van der Waals surface area contributed by atoms with Crippen molar-refractivity contribution in [2.24, 2.45) is 0 Å². The minimum atomic E-state index is -0.550. The van der Waals surface area contributed by atoms with Crippen LogP contribution in [-0.2, 0) is 4.74 Å². The number of ether oxygens (including phenoxy) is 1. The molecule has 0 spiro atoms. The molecule has 29 heavy (non-hydrogen) atoms. The van der Waals surface area contributed by atoms with E-state index >= 15 is 0 Å². The molecule has 0 aromatic carbocycles. The lowest BCUT2D eigenvalue weighted by Crippen LogP contribution is -2.39. The summed E-state index contributed by atoms with van der Waals surface area (Å²) in [6, 6.07) is -0.984. The van der Waals surface area contributed by atoms with Gasteiger partial charge in [-0.05, 0) is 46.5 Å². The third kappa shape index (κ3) is 4.80. The number of carbonyl (C=O) groups is 2. The summed E-state index contributed by atoms with van der Waals surface area (Å²) in [6.45, 7) is 9.89. The number of aromatic nitrogens is 2. The molecule has 4 atom stereocenters. The van der Waals surface area contributed by atoms with Crippen molar-refractivity contribution < 1.29 is 24.0 Å². The van der Waals surface area contributed by atoms with Crippen LogP contribution in [0, 0.1) is 0 Å². The summed E-state index contributed by atoms with van der Waals surface area (Å²) in [7, 11) is 0. The summed E-state index contributed by atoms with van der Waals surface area (Å²) in [6.07, 6.45) is 2.27. The largest absolute Gasteiger partial charge is 0.444 e. The highest BCUT2D eigenvalue weighted by molar-refractivity contribution is 5.76. The van der Waals surface area contributed by atoms with Crippen molar-refractivity contribution in [2.75, 3.05) is 6.54 Å². The Kier molecular flexibility index (Phi) is 6.02. The molecule has 0 aliphatic carbocycles. The summed E-state index contributed by atoms with van der Waals surface area (Å²) in [5.74, 6) is 0.789. The van der Waals surface area contributed by atoms with Crippen LogP contribution in [-0.4, -0.2) is 61.7 Å². The molecule has 1 aromatic rings.